The van der Waals surface area contributed by atoms with E-state index >= 15 is 0 Å². The van der Waals surface area contributed by atoms with Crippen LogP contribution in [0.2, 0.25) is 0 Å². The molecule has 0 aromatic carbocycles. The Morgan fingerprint density at radius 1 is 0.598 bits per heavy atom. The van der Waals surface area contributed by atoms with Crippen molar-refractivity contribution in [2.24, 2.45) is 0 Å². The molecule has 0 aliphatic carbocycles. The predicted octanol–water partition coefficient (Wildman–Crippen LogP) is 5.12. The highest BCUT2D eigenvalue weighted by molar-refractivity contribution is 5.77. The largest absolute Gasteiger partial charge is 0.477 e. The minimum atomic E-state index is -3.08. The quantitative estimate of drug-likeness (QED) is 0.0278. The van der Waals surface area contributed by atoms with Crippen LogP contribution in [0.25, 0.3) is 0 Å². The average Bonchev–Trinajstić information content (AvgIpc) is 1.65. The summed E-state index contributed by atoms with van der Waals surface area (Å²) in [5, 5.41) is 136. The second-order valence-electron chi connectivity index (χ2n) is 24.7. The Morgan fingerprint density at radius 2 is 1.07 bits per heavy atom. The first kappa shape index (κ1) is 78.7. The number of unbranched alkanes of at least 4 members (excludes halogenated alkanes) is 30. The van der Waals surface area contributed by atoms with Crippen LogP contribution < -0.4 is 10.6 Å². The Labute approximate surface area is 518 Å². The van der Waals surface area contributed by atoms with Gasteiger partial charge in [-0.1, -0.05) is 212 Å². The van der Waals surface area contributed by atoms with Crippen molar-refractivity contribution < 1.29 is 104 Å². The summed E-state index contributed by atoms with van der Waals surface area (Å²) in [5.41, 5.74) is 0. The molecular formula is C64H118N2O21. The van der Waals surface area contributed by atoms with Gasteiger partial charge in [0.25, 0.3) is 5.79 Å². The number of aliphatic hydroxyl groups excluding tert-OH is 11. The zero-order chi connectivity index (χ0) is 64.0. The highest BCUT2D eigenvalue weighted by atomic mass is 16.8. The summed E-state index contributed by atoms with van der Waals surface area (Å²) in [4.78, 5) is 38.5. The second-order valence-corrected chi connectivity index (χ2v) is 24.7. The van der Waals surface area contributed by atoms with Gasteiger partial charge in [-0.3, -0.25) is 9.59 Å². The fraction of sp³-hybridized carbons (Fsp3) is 0.922. The van der Waals surface area contributed by atoms with Crippen molar-refractivity contribution >= 4 is 17.8 Å². The third-order valence-corrected chi connectivity index (χ3v) is 17.2. The van der Waals surface area contributed by atoms with Gasteiger partial charge in [0.1, 0.15) is 67.1 Å². The number of aliphatic carboxylic acids is 1. The molecule has 0 bridgehead atoms. The topological polar surface area (TPSA) is 373 Å². The fourth-order valence-corrected chi connectivity index (χ4v) is 11.8. The Bertz CT molecular complexity index is 1820. The zero-order valence-corrected chi connectivity index (χ0v) is 52.9. The van der Waals surface area contributed by atoms with E-state index in [0.717, 1.165) is 51.9 Å². The number of nitrogens with one attached hydrogen (secondary N) is 2. The van der Waals surface area contributed by atoms with E-state index in [1.165, 1.54) is 148 Å². The van der Waals surface area contributed by atoms with Crippen LogP contribution in [0.15, 0.2) is 12.2 Å². The smallest absolute Gasteiger partial charge is 0.364 e. The molecule has 1 unspecified atom stereocenters. The van der Waals surface area contributed by atoms with Crippen molar-refractivity contribution in [1.82, 2.24) is 10.6 Å². The Hall–Kier alpha value is -2.53. The number of hydrogen-bond donors (Lipinski definition) is 14. The molecule has 3 aliphatic heterocycles. The number of aliphatic hydroxyl groups is 11. The van der Waals surface area contributed by atoms with E-state index in [2.05, 4.69) is 24.5 Å². The van der Waals surface area contributed by atoms with Gasteiger partial charge in [0.2, 0.25) is 11.8 Å². The summed E-state index contributed by atoms with van der Waals surface area (Å²) >= 11 is 0. The molecule has 510 valence electrons. The number of ether oxygens (including phenoxy) is 6. The van der Waals surface area contributed by atoms with Crippen LogP contribution >= 0.6 is 0 Å². The predicted molar refractivity (Wildman–Crippen MR) is 325 cm³/mol. The lowest BCUT2D eigenvalue weighted by Gasteiger charge is -2.50. The first-order valence-corrected chi connectivity index (χ1v) is 33.6. The van der Waals surface area contributed by atoms with Gasteiger partial charge in [-0.15, -0.1) is 0 Å². The summed E-state index contributed by atoms with van der Waals surface area (Å²) in [7, 11) is 0. The van der Waals surface area contributed by atoms with Crippen molar-refractivity contribution in [2.75, 3.05) is 26.4 Å². The van der Waals surface area contributed by atoms with E-state index in [-0.39, 0.29) is 12.3 Å². The molecule has 14 N–H and O–H groups in total. The van der Waals surface area contributed by atoms with Crippen LogP contribution in [0, 0.1) is 0 Å². The number of amides is 2. The maximum absolute atomic E-state index is 13.4. The monoisotopic (exact) mass is 1250 g/mol. The molecule has 3 heterocycles. The Kier molecular flexibility index (Phi) is 41.3. The standard InChI is InChI=1S/C64H118N2O21/c1-4-6-8-10-12-14-16-18-19-20-21-22-23-24-26-28-30-32-34-36-38-51(74)66-45(46(71)37-35-33-31-29-27-25-17-15-13-11-9-7-5-2)43-82-61-56(78)55(77)58(50(42-69)84-61)85-62-57(79)60(54(76)49(41-68)83-62)87-64(63(80)81)39-47(72)52(65-44(3)70)59(86-64)53(75)48(73)40-67/h35,37,45-50,52-62,67-69,71-73,75-79H,4-34,36,38-43H2,1-3H3,(H,65,70)(H,66,74)(H,80,81)/b37-35+/t45-,46+,47-,48+,49+,50+,52+,53+,54-,55+,56+,57+,58+,59?,60-,61+,62-,64-/m0/s1. The normalized spacial score (nSPS) is 29.2. The molecule has 2 amide bonds. The SMILES string of the molecule is CCCCCCCCCCCCC/C=C/[C@@H](O)[C@H](CO[C@@H]1O[C@H](CO)[C@@H](O[C@@H]2O[C@H](CO)[C@H](O)[C@H](O[C@]3(C(=O)O)C[C@H](O)[C@@H](NC(C)=O)C([C@H](O)[C@H](O)CO)O3)[C@H]2O)[C@H](O)[C@H]1O)NC(=O)CCCCCCCCCCCCCCCCCCCCCC. The van der Waals surface area contributed by atoms with Gasteiger partial charge in [0, 0.05) is 19.8 Å². The highest BCUT2D eigenvalue weighted by Gasteiger charge is 2.60. The molecule has 23 heteroatoms. The number of allylic oxidation sites excluding steroid dienone is 1. The van der Waals surface area contributed by atoms with Gasteiger partial charge in [-0.2, -0.15) is 0 Å². The molecular weight excluding hydrogens is 1130 g/mol. The number of carbonyl (C=O) groups is 3. The van der Waals surface area contributed by atoms with Crippen LogP contribution in [-0.2, 0) is 42.8 Å². The summed E-state index contributed by atoms with van der Waals surface area (Å²) in [5.74, 6) is -6.14. The lowest BCUT2D eigenvalue weighted by atomic mass is 9.88. The number of carboxylic acid groups (broad SMARTS) is 1. The van der Waals surface area contributed by atoms with E-state index < -0.39 is 155 Å². The molecule has 3 fully saturated rings. The van der Waals surface area contributed by atoms with E-state index in [9.17, 15) is 75.7 Å². The van der Waals surface area contributed by atoms with Crippen molar-refractivity contribution in [3.8, 4) is 0 Å². The lowest BCUT2D eigenvalue weighted by molar-refractivity contribution is -0.386. The maximum atomic E-state index is 13.4. The number of carbonyl (C=O) groups excluding carboxylic acids is 2. The molecule has 3 aliphatic rings. The summed E-state index contributed by atoms with van der Waals surface area (Å²) < 4.78 is 34.7. The average molecular weight is 1250 g/mol. The van der Waals surface area contributed by atoms with Gasteiger partial charge >= 0.3 is 5.97 Å². The molecule has 87 heavy (non-hydrogen) atoms. The number of rotatable bonds is 50. The van der Waals surface area contributed by atoms with Gasteiger partial charge in [-0.25, -0.2) is 4.79 Å². The molecule has 0 spiro atoms. The molecule has 3 rings (SSSR count). The van der Waals surface area contributed by atoms with Crippen molar-refractivity contribution in [3.63, 3.8) is 0 Å². The van der Waals surface area contributed by atoms with Gasteiger partial charge in [0.15, 0.2) is 12.6 Å². The van der Waals surface area contributed by atoms with Crippen LogP contribution in [0.3, 0.4) is 0 Å². The van der Waals surface area contributed by atoms with Gasteiger partial charge in [-0.05, 0) is 19.3 Å². The van der Waals surface area contributed by atoms with Gasteiger partial charge < -0.3 is 100 Å². The first-order valence-electron chi connectivity index (χ1n) is 33.6. The summed E-state index contributed by atoms with van der Waals surface area (Å²) in [6.07, 6.45) is 12.6. The molecule has 18 atom stereocenters. The van der Waals surface area contributed by atoms with Crippen LogP contribution in [0.1, 0.15) is 239 Å². The second kappa shape index (κ2) is 45.7. The molecule has 0 radical (unpaired) electrons. The van der Waals surface area contributed by atoms with E-state index in [1.807, 2.05) is 6.08 Å². The number of hydrogen-bond acceptors (Lipinski definition) is 20. The van der Waals surface area contributed by atoms with Crippen molar-refractivity contribution in [2.45, 2.75) is 349 Å². The van der Waals surface area contributed by atoms with E-state index in [1.54, 1.807) is 6.08 Å². The molecule has 23 nitrogen and oxygen atoms in total. The van der Waals surface area contributed by atoms with Crippen molar-refractivity contribution in [3.05, 3.63) is 12.2 Å². The Balaban J connectivity index is 1.61. The molecule has 3 saturated heterocycles. The summed E-state index contributed by atoms with van der Waals surface area (Å²) in [6.45, 7) is 2.13. The molecule has 0 aromatic heterocycles. The fourth-order valence-electron chi connectivity index (χ4n) is 11.8. The van der Waals surface area contributed by atoms with Crippen LogP contribution in [0.5, 0.6) is 0 Å². The third-order valence-electron chi connectivity index (χ3n) is 17.2. The van der Waals surface area contributed by atoms with Crippen molar-refractivity contribution in [1.29, 1.82) is 0 Å². The summed E-state index contributed by atoms with van der Waals surface area (Å²) in [6, 6.07) is -2.61. The third kappa shape index (κ3) is 28.9. The molecule has 0 saturated carbocycles. The first-order chi connectivity index (χ1) is 41.9. The zero-order valence-electron chi connectivity index (χ0n) is 52.9. The lowest BCUT2D eigenvalue weighted by Crippen LogP contribution is -2.70. The highest BCUT2D eigenvalue weighted by Crippen LogP contribution is 2.39. The molecule has 0 aromatic rings. The van der Waals surface area contributed by atoms with E-state index in [4.69, 9.17) is 28.4 Å². The number of carboxylic acids is 1. The van der Waals surface area contributed by atoms with Crippen LogP contribution in [-0.4, -0.2) is 215 Å². The van der Waals surface area contributed by atoms with Crippen LogP contribution in [0.4, 0.5) is 0 Å². The van der Waals surface area contributed by atoms with Gasteiger partial charge in [0.05, 0.1) is 50.7 Å². The minimum absolute atomic E-state index is 0.205. The minimum Gasteiger partial charge on any atom is -0.477 e. The Morgan fingerprint density at radius 3 is 1.53 bits per heavy atom. The maximum Gasteiger partial charge on any atom is 0.364 e. The van der Waals surface area contributed by atoms with E-state index in [0.29, 0.717) is 12.8 Å².